The van der Waals surface area contributed by atoms with E-state index in [2.05, 4.69) is 43.9 Å². The summed E-state index contributed by atoms with van der Waals surface area (Å²) in [5.74, 6) is 3.90. The van der Waals surface area contributed by atoms with Gasteiger partial charge >= 0.3 is 5.97 Å². The van der Waals surface area contributed by atoms with E-state index in [1.54, 1.807) is 0 Å². The minimum absolute atomic E-state index is 0.0112. The third-order valence-corrected chi connectivity index (χ3v) is 4.20. The Balaban J connectivity index is 0. The lowest BCUT2D eigenvalue weighted by Crippen LogP contribution is -2.28. The molecule has 0 fully saturated rings. The molecule has 0 spiro atoms. The van der Waals surface area contributed by atoms with Crippen LogP contribution in [0.25, 0.3) is 0 Å². The molecular formula is C19H39NO4Si. The highest BCUT2D eigenvalue weighted by atomic mass is 28.4. The molecular weight excluding hydrogens is 334 g/mol. The van der Waals surface area contributed by atoms with Gasteiger partial charge in [-0.15, -0.1) is 0 Å². The highest BCUT2D eigenvalue weighted by Gasteiger charge is 2.19. The third-order valence-electron chi connectivity index (χ3n) is 3.36. The molecule has 0 aliphatic carbocycles. The van der Waals surface area contributed by atoms with Crippen LogP contribution in [0.4, 0.5) is 0 Å². The van der Waals surface area contributed by atoms with Gasteiger partial charge in [-0.2, -0.15) is 5.90 Å². The van der Waals surface area contributed by atoms with Crippen LogP contribution >= 0.6 is 0 Å². The zero-order chi connectivity index (χ0) is 19.7. The van der Waals surface area contributed by atoms with Crippen LogP contribution in [-0.4, -0.2) is 20.3 Å². The average molecular weight is 374 g/mol. The smallest absolute Gasteiger partial charge is 0.351 e. The molecule has 0 aromatic carbocycles. The largest absolute Gasteiger partial charge is 0.520 e. The molecule has 6 heteroatoms. The van der Waals surface area contributed by atoms with Crippen molar-refractivity contribution >= 4 is 20.3 Å². The van der Waals surface area contributed by atoms with Crippen LogP contribution in [0.1, 0.15) is 78.1 Å². The van der Waals surface area contributed by atoms with E-state index in [4.69, 9.17) is 4.43 Å². The molecule has 0 atom stereocenters. The standard InChI is InChI=1S/C15H32O2Si.C4H7NO2/c1-5-6-7-8-9-10-11-12-13-14-15(16)17-18(2,3)4;1-3(2)4(6)7-5/h5-14H2,1-4H3;1,5H2,2H3. The summed E-state index contributed by atoms with van der Waals surface area (Å²) in [6.45, 7) is 13.2. The van der Waals surface area contributed by atoms with Gasteiger partial charge in [-0.3, -0.25) is 4.79 Å². The summed E-state index contributed by atoms with van der Waals surface area (Å²) in [5.41, 5.74) is 0.308. The van der Waals surface area contributed by atoms with Gasteiger partial charge in [-0.25, -0.2) is 4.79 Å². The van der Waals surface area contributed by atoms with Gasteiger partial charge in [0, 0.05) is 12.0 Å². The molecule has 0 aromatic rings. The summed E-state index contributed by atoms with van der Waals surface area (Å²) in [6.07, 6.45) is 12.2. The summed E-state index contributed by atoms with van der Waals surface area (Å²) in [6, 6.07) is 0. The Labute approximate surface area is 155 Å². The van der Waals surface area contributed by atoms with Crippen LogP contribution in [0.3, 0.4) is 0 Å². The number of hydrogen-bond acceptors (Lipinski definition) is 5. The van der Waals surface area contributed by atoms with Gasteiger partial charge < -0.3 is 9.26 Å². The molecule has 0 rings (SSSR count). The molecule has 0 unspecified atom stereocenters. The number of unbranched alkanes of at least 4 members (excludes halogenated alkanes) is 8. The molecule has 5 nitrogen and oxygen atoms in total. The lowest BCUT2D eigenvalue weighted by atomic mass is 10.1. The van der Waals surface area contributed by atoms with Crippen molar-refractivity contribution in [3.63, 3.8) is 0 Å². The molecule has 0 bridgehead atoms. The van der Waals surface area contributed by atoms with Crippen molar-refractivity contribution in [1.82, 2.24) is 0 Å². The predicted octanol–water partition coefficient (Wildman–Crippen LogP) is 5.26. The molecule has 0 heterocycles. The average Bonchev–Trinajstić information content (AvgIpc) is 2.51. The number of rotatable bonds is 12. The SMILES string of the molecule is C=C(C)C(=O)ON.CCCCCCCCCCCC(=O)O[Si](C)(C)C. The van der Waals surface area contributed by atoms with Gasteiger partial charge in [0.15, 0.2) is 0 Å². The fourth-order valence-electron chi connectivity index (χ4n) is 2.07. The maximum absolute atomic E-state index is 11.5. The van der Waals surface area contributed by atoms with E-state index in [0.29, 0.717) is 12.0 Å². The Hall–Kier alpha value is -1.14. The Morgan fingerprint density at radius 2 is 1.36 bits per heavy atom. The molecule has 0 aromatic heterocycles. The first-order valence-corrected chi connectivity index (χ1v) is 12.8. The first-order chi connectivity index (χ1) is 11.6. The maximum Gasteiger partial charge on any atom is 0.351 e. The third kappa shape index (κ3) is 22.9. The summed E-state index contributed by atoms with van der Waals surface area (Å²) in [5, 5.41) is 0. The van der Waals surface area contributed by atoms with Crippen molar-refractivity contribution < 1.29 is 18.9 Å². The second-order valence-electron chi connectivity index (χ2n) is 7.35. The molecule has 148 valence electrons. The topological polar surface area (TPSA) is 78.6 Å². The minimum atomic E-state index is -1.66. The van der Waals surface area contributed by atoms with Gasteiger partial charge in [-0.1, -0.05) is 64.9 Å². The fraction of sp³-hybridized carbons (Fsp3) is 0.789. The van der Waals surface area contributed by atoms with E-state index in [-0.39, 0.29) is 5.97 Å². The van der Waals surface area contributed by atoms with Crippen LogP contribution in [0.15, 0.2) is 12.2 Å². The van der Waals surface area contributed by atoms with Crippen LogP contribution in [-0.2, 0) is 18.9 Å². The van der Waals surface area contributed by atoms with E-state index in [1.165, 1.54) is 58.3 Å². The van der Waals surface area contributed by atoms with E-state index < -0.39 is 14.3 Å². The first-order valence-electron chi connectivity index (χ1n) is 9.42. The van der Waals surface area contributed by atoms with Crippen molar-refractivity contribution in [2.45, 2.75) is 97.7 Å². The summed E-state index contributed by atoms with van der Waals surface area (Å²) >= 11 is 0. The van der Waals surface area contributed by atoms with Crippen molar-refractivity contribution in [3.05, 3.63) is 12.2 Å². The maximum atomic E-state index is 11.5. The number of nitrogens with two attached hydrogens (primary N) is 1. The van der Waals surface area contributed by atoms with Gasteiger partial charge in [0.25, 0.3) is 5.97 Å². The summed E-state index contributed by atoms with van der Waals surface area (Å²) < 4.78 is 5.41. The monoisotopic (exact) mass is 373 g/mol. The zero-order valence-electron chi connectivity index (χ0n) is 17.0. The van der Waals surface area contributed by atoms with E-state index in [1.807, 2.05) is 0 Å². The molecule has 25 heavy (non-hydrogen) atoms. The minimum Gasteiger partial charge on any atom is -0.520 e. The van der Waals surface area contributed by atoms with Crippen LogP contribution < -0.4 is 5.90 Å². The molecule has 0 aliphatic rings. The quantitative estimate of drug-likeness (QED) is 0.218. The molecule has 0 radical (unpaired) electrons. The van der Waals surface area contributed by atoms with Crippen LogP contribution in [0, 0.1) is 0 Å². The molecule has 2 N–H and O–H groups in total. The Morgan fingerprint density at radius 3 is 1.68 bits per heavy atom. The van der Waals surface area contributed by atoms with E-state index in [9.17, 15) is 9.59 Å². The van der Waals surface area contributed by atoms with Crippen molar-refractivity contribution in [3.8, 4) is 0 Å². The summed E-state index contributed by atoms with van der Waals surface area (Å²) in [7, 11) is -1.66. The number of carbonyl (C=O) groups excluding carboxylic acids is 2. The molecule has 0 saturated heterocycles. The number of hydrogen-bond donors (Lipinski definition) is 1. The molecule has 0 amide bonds. The van der Waals surface area contributed by atoms with Gasteiger partial charge in [0.2, 0.25) is 8.32 Å². The number of carbonyl (C=O) groups is 2. The predicted molar refractivity (Wildman–Crippen MR) is 106 cm³/mol. The van der Waals surface area contributed by atoms with E-state index >= 15 is 0 Å². The highest BCUT2D eigenvalue weighted by molar-refractivity contribution is 6.71. The Bertz CT molecular complexity index is 378. The lowest BCUT2D eigenvalue weighted by Gasteiger charge is -2.17. The van der Waals surface area contributed by atoms with Gasteiger partial charge in [0.1, 0.15) is 0 Å². The van der Waals surface area contributed by atoms with Crippen LogP contribution in [0.5, 0.6) is 0 Å². The second-order valence-corrected chi connectivity index (χ2v) is 11.8. The van der Waals surface area contributed by atoms with Crippen LogP contribution in [0.2, 0.25) is 19.6 Å². The fourth-order valence-corrected chi connectivity index (χ4v) is 2.86. The van der Waals surface area contributed by atoms with Gasteiger partial charge in [0.05, 0.1) is 0 Å². The van der Waals surface area contributed by atoms with Crippen molar-refractivity contribution in [1.29, 1.82) is 0 Å². The Morgan fingerprint density at radius 1 is 0.920 bits per heavy atom. The lowest BCUT2D eigenvalue weighted by molar-refractivity contribution is -0.139. The van der Waals surface area contributed by atoms with Gasteiger partial charge in [-0.05, 0) is 33.0 Å². The van der Waals surface area contributed by atoms with Crippen molar-refractivity contribution in [2.24, 2.45) is 5.90 Å². The van der Waals surface area contributed by atoms with E-state index in [0.717, 1.165) is 6.42 Å². The Kier molecular flexibility index (Phi) is 17.0. The molecule has 0 saturated carbocycles. The normalized spacial score (nSPS) is 10.5. The summed E-state index contributed by atoms with van der Waals surface area (Å²) in [4.78, 5) is 25.3. The molecule has 0 aliphatic heterocycles. The highest BCUT2D eigenvalue weighted by Crippen LogP contribution is 2.12. The zero-order valence-corrected chi connectivity index (χ0v) is 18.0. The van der Waals surface area contributed by atoms with Crippen molar-refractivity contribution in [2.75, 3.05) is 0 Å². The first kappa shape index (κ1) is 26.1. The second kappa shape index (κ2) is 16.3.